The molecule has 9 nitrogen and oxygen atoms in total. The van der Waals surface area contributed by atoms with E-state index in [4.69, 9.17) is 14.7 Å². The van der Waals surface area contributed by atoms with Gasteiger partial charge in [0.2, 0.25) is 5.95 Å². The third-order valence-corrected chi connectivity index (χ3v) is 7.19. The standard InChI is InChI=1S/C30H37N5O4/c1-20-10-8-9-13-24(20)25-19-31-29(35(4)22-11-6-5-7-12-22)33-27(25)32-26(28(36)37)18-21-14-16-23(17-15-21)39-30(38)34(2)3/h8-10,13-17,19,22,26H,5-7,11-12,18H2,1-4H3,(H,36,37)(H,31,32,33)/t26-/m0/s1. The van der Waals surface area contributed by atoms with E-state index in [0.29, 0.717) is 23.6 Å². The van der Waals surface area contributed by atoms with Gasteiger partial charge in [-0.15, -0.1) is 0 Å². The molecule has 0 aliphatic heterocycles. The summed E-state index contributed by atoms with van der Waals surface area (Å²) < 4.78 is 5.27. The van der Waals surface area contributed by atoms with Crippen molar-refractivity contribution in [3.8, 4) is 16.9 Å². The zero-order valence-corrected chi connectivity index (χ0v) is 23.1. The van der Waals surface area contributed by atoms with Gasteiger partial charge in [-0.3, -0.25) is 0 Å². The number of aryl methyl sites for hydroxylation is 1. The van der Waals surface area contributed by atoms with E-state index in [2.05, 4.69) is 10.2 Å². The van der Waals surface area contributed by atoms with Crippen LogP contribution in [0.4, 0.5) is 16.6 Å². The first-order valence-corrected chi connectivity index (χ1v) is 13.4. The molecule has 0 saturated heterocycles. The van der Waals surface area contributed by atoms with Crippen LogP contribution in [0, 0.1) is 6.92 Å². The summed E-state index contributed by atoms with van der Waals surface area (Å²) >= 11 is 0. The van der Waals surface area contributed by atoms with E-state index in [-0.39, 0.29) is 6.42 Å². The molecule has 2 N–H and O–H groups in total. The molecule has 1 amide bonds. The fraction of sp³-hybridized carbons (Fsp3) is 0.400. The number of ether oxygens (including phenoxy) is 1. The molecule has 1 aromatic heterocycles. The number of aliphatic carboxylic acids is 1. The third kappa shape index (κ3) is 7.04. The van der Waals surface area contributed by atoms with Gasteiger partial charge in [0, 0.05) is 45.4 Å². The van der Waals surface area contributed by atoms with Gasteiger partial charge < -0.3 is 25.0 Å². The Labute approximate surface area is 229 Å². The van der Waals surface area contributed by atoms with E-state index < -0.39 is 18.1 Å². The minimum atomic E-state index is -0.991. The van der Waals surface area contributed by atoms with E-state index in [1.54, 1.807) is 44.6 Å². The first-order chi connectivity index (χ1) is 18.7. The number of hydrogen-bond donors (Lipinski definition) is 2. The molecule has 1 atom stereocenters. The Balaban J connectivity index is 1.61. The van der Waals surface area contributed by atoms with Gasteiger partial charge in [0.15, 0.2) is 0 Å². The normalized spacial score (nSPS) is 14.4. The highest BCUT2D eigenvalue weighted by Gasteiger charge is 2.25. The number of anilines is 2. The second-order valence-electron chi connectivity index (χ2n) is 10.3. The Morgan fingerprint density at radius 3 is 2.36 bits per heavy atom. The zero-order chi connectivity index (χ0) is 27.9. The number of carbonyl (C=O) groups excluding carboxylic acids is 1. The van der Waals surface area contributed by atoms with Crippen molar-refractivity contribution in [1.82, 2.24) is 14.9 Å². The molecule has 1 fully saturated rings. The molecule has 0 unspecified atom stereocenters. The van der Waals surface area contributed by atoms with Crippen LogP contribution in [-0.4, -0.2) is 65.3 Å². The highest BCUT2D eigenvalue weighted by molar-refractivity contribution is 5.83. The predicted molar refractivity (Wildman–Crippen MR) is 152 cm³/mol. The van der Waals surface area contributed by atoms with Crippen LogP contribution in [0.2, 0.25) is 0 Å². The zero-order valence-electron chi connectivity index (χ0n) is 23.1. The Morgan fingerprint density at radius 2 is 1.72 bits per heavy atom. The molecule has 3 aromatic rings. The van der Waals surface area contributed by atoms with E-state index in [9.17, 15) is 14.7 Å². The van der Waals surface area contributed by atoms with Crippen LogP contribution in [0.25, 0.3) is 11.1 Å². The summed E-state index contributed by atoms with van der Waals surface area (Å²) in [5.41, 5.74) is 3.53. The number of rotatable bonds is 9. The van der Waals surface area contributed by atoms with Gasteiger partial charge in [-0.05, 0) is 48.6 Å². The molecule has 1 heterocycles. The first-order valence-electron chi connectivity index (χ1n) is 13.4. The molecule has 1 aliphatic rings. The third-order valence-electron chi connectivity index (χ3n) is 7.19. The number of carboxylic acids is 1. The summed E-state index contributed by atoms with van der Waals surface area (Å²) in [6.45, 7) is 2.01. The molecular weight excluding hydrogens is 494 g/mol. The largest absolute Gasteiger partial charge is 0.480 e. The van der Waals surface area contributed by atoms with Crippen LogP contribution in [-0.2, 0) is 11.2 Å². The molecule has 206 valence electrons. The molecule has 0 spiro atoms. The van der Waals surface area contributed by atoms with Gasteiger partial charge in [-0.25, -0.2) is 14.6 Å². The van der Waals surface area contributed by atoms with Crippen LogP contribution in [0.3, 0.4) is 0 Å². The van der Waals surface area contributed by atoms with Crippen molar-refractivity contribution in [2.45, 2.75) is 57.5 Å². The van der Waals surface area contributed by atoms with Crippen molar-refractivity contribution in [1.29, 1.82) is 0 Å². The number of nitrogens with one attached hydrogen (secondary N) is 1. The van der Waals surface area contributed by atoms with Gasteiger partial charge >= 0.3 is 12.1 Å². The van der Waals surface area contributed by atoms with Gasteiger partial charge in [0.25, 0.3) is 0 Å². The van der Waals surface area contributed by atoms with E-state index >= 15 is 0 Å². The van der Waals surface area contributed by atoms with E-state index in [1.807, 2.05) is 38.2 Å². The highest BCUT2D eigenvalue weighted by atomic mass is 16.6. The fourth-order valence-electron chi connectivity index (χ4n) is 4.84. The minimum Gasteiger partial charge on any atom is -0.480 e. The predicted octanol–water partition coefficient (Wildman–Crippen LogP) is 5.39. The maximum Gasteiger partial charge on any atom is 0.414 e. The van der Waals surface area contributed by atoms with Crippen molar-refractivity contribution in [3.63, 3.8) is 0 Å². The average molecular weight is 532 g/mol. The van der Waals surface area contributed by atoms with Crippen LogP contribution >= 0.6 is 0 Å². The SMILES string of the molecule is Cc1ccccc1-c1cnc(N(C)C2CCCCC2)nc1N[C@@H](Cc1ccc(OC(=O)N(C)C)cc1)C(=O)O. The number of benzene rings is 2. The van der Waals surface area contributed by atoms with Gasteiger partial charge in [-0.1, -0.05) is 55.7 Å². The Kier molecular flexibility index (Phi) is 9.01. The van der Waals surface area contributed by atoms with Crippen LogP contribution in [0.15, 0.2) is 54.7 Å². The van der Waals surface area contributed by atoms with Crippen molar-refractivity contribution in [3.05, 3.63) is 65.9 Å². The van der Waals surface area contributed by atoms with Gasteiger partial charge in [0.05, 0.1) is 0 Å². The smallest absolute Gasteiger partial charge is 0.414 e. The monoisotopic (exact) mass is 531 g/mol. The molecule has 1 saturated carbocycles. The molecule has 0 radical (unpaired) electrons. The topological polar surface area (TPSA) is 108 Å². The molecule has 39 heavy (non-hydrogen) atoms. The summed E-state index contributed by atoms with van der Waals surface area (Å²) in [6.07, 6.45) is 7.35. The van der Waals surface area contributed by atoms with Crippen molar-refractivity contribution in [2.75, 3.05) is 31.4 Å². The maximum absolute atomic E-state index is 12.4. The number of aromatic nitrogens is 2. The van der Waals surface area contributed by atoms with Gasteiger partial charge in [0.1, 0.15) is 17.6 Å². The van der Waals surface area contributed by atoms with Crippen molar-refractivity contribution in [2.24, 2.45) is 0 Å². The Bertz CT molecular complexity index is 1290. The number of carbonyl (C=O) groups is 2. The molecule has 0 bridgehead atoms. The summed E-state index contributed by atoms with van der Waals surface area (Å²) in [4.78, 5) is 37.2. The summed E-state index contributed by atoms with van der Waals surface area (Å²) in [7, 11) is 5.23. The maximum atomic E-state index is 12.4. The molecule has 2 aromatic carbocycles. The molecule has 1 aliphatic carbocycles. The average Bonchev–Trinajstić information content (AvgIpc) is 2.94. The van der Waals surface area contributed by atoms with Gasteiger partial charge in [-0.2, -0.15) is 4.98 Å². The molecular formula is C30H37N5O4. The summed E-state index contributed by atoms with van der Waals surface area (Å²) in [5.74, 6) is 0.471. The van der Waals surface area contributed by atoms with Crippen molar-refractivity contribution >= 4 is 23.8 Å². The lowest BCUT2D eigenvalue weighted by atomic mass is 9.95. The Hall–Kier alpha value is -4.14. The molecule has 4 rings (SSSR count). The Morgan fingerprint density at radius 1 is 1.03 bits per heavy atom. The van der Waals surface area contributed by atoms with E-state index in [0.717, 1.165) is 35.1 Å². The second kappa shape index (κ2) is 12.6. The summed E-state index contributed by atoms with van der Waals surface area (Å²) in [6, 6.07) is 14.2. The minimum absolute atomic E-state index is 0.211. The van der Waals surface area contributed by atoms with E-state index in [1.165, 1.54) is 24.2 Å². The lowest BCUT2D eigenvalue weighted by Crippen LogP contribution is -2.35. The summed E-state index contributed by atoms with van der Waals surface area (Å²) in [5, 5.41) is 13.3. The number of amides is 1. The quantitative estimate of drug-likeness (QED) is 0.378. The molecule has 9 heteroatoms. The fourth-order valence-corrected chi connectivity index (χ4v) is 4.84. The number of hydrogen-bond acceptors (Lipinski definition) is 7. The first kappa shape index (κ1) is 27.9. The van der Waals surface area contributed by atoms with Crippen LogP contribution < -0.4 is 15.0 Å². The number of nitrogens with zero attached hydrogens (tertiary/aromatic N) is 4. The van der Waals surface area contributed by atoms with Crippen molar-refractivity contribution < 1.29 is 19.4 Å². The lowest BCUT2D eigenvalue weighted by molar-refractivity contribution is -0.137. The number of carboxylic acid groups (broad SMARTS) is 1. The second-order valence-corrected chi connectivity index (χ2v) is 10.3. The highest BCUT2D eigenvalue weighted by Crippen LogP contribution is 2.32. The lowest BCUT2D eigenvalue weighted by Gasteiger charge is -2.31. The van der Waals surface area contributed by atoms with Crippen LogP contribution in [0.5, 0.6) is 5.75 Å². The van der Waals surface area contributed by atoms with Crippen LogP contribution in [0.1, 0.15) is 43.2 Å².